The summed E-state index contributed by atoms with van der Waals surface area (Å²) in [5.74, 6) is 0.546. The Balaban J connectivity index is 0.000000371. The minimum absolute atomic E-state index is 0.421. The molecule has 0 spiro atoms. The van der Waals surface area contributed by atoms with Crippen molar-refractivity contribution in [3.63, 3.8) is 0 Å². The molecule has 0 amide bonds. The number of anilines is 1. The van der Waals surface area contributed by atoms with Crippen LogP contribution in [-0.2, 0) is 0 Å². The summed E-state index contributed by atoms with van der Waals surface area (Å²) in [5.41, 5.74) is 5.30. The topological polar surface area (TPSA) is 54.7 Å². The summed E-state index contributed by atoms with van der Waals surface area (Å²) in [6.07, 6.45) is 1.56. The Morgan fingerprint density at radius 2 is 2.20 bits per heavy atom. The molecule has 0 bridgehead atoms. The molecule has 1 aromatic heterocycles. The van der Waals surface area contributed by atoms with Crippen LogP contribution in [0.1, 0.15) is 13.8 Å². The Morgan fingerprint density at radius 3 is 2.50 bits per heavy atom. The fourth-order valence-electron chi connectivity index (χ4n) is 0.383. The SMILES string of the molecule is CC.Nc1ccnc(=S)[nH]1. The molecule has 0 radical (unpaired) electrons. The van der Waals surface area contributed by atoms with E-state index in [-0.39, 0.29) is 0 Å². The van der Waals surface area contributed by atoms with Gasteiger partial charge in [-0.2, -0.15) is 0 Å². The lowest BCUT2D eigenvalue weighted by molar-refractivity contribution is 1.14. The van der Waals surface area contributed by atoms with E-state index in [1.54, 1.807) is 12.3 Å². The standard InChI is InChI=1S/C4H5N3S.C2H6/c5-3-1-2-6-4(8)7-3;1-2/h1-2H,(H3,5,6,7,8);1-2H3. The molecule has 0 aliphatic rings. The van der Waals surface area contributed by atoms with E-state index in [9.17, 15) is 0 Å². The molecule has 0 aromatic carbocycles. The highest BCUT2D eigenvalue weighted by Crippen LogP contribution is 1.89. The Hall–Kier alpha value is -0.900. The lowest BCUT2D eigenvalue weighted by Gasteiger charge is -1.86. The van der Waals surface area contributed by atoms with Gasteiger partial charge >= 0.3 is 0 Å². The number of rotatable bonds is 0. The maximum atomic E-state index is 5.30. The van der Waals surface area contributed by atoms with E-state index < -0.39 is 0 Å². The molecule has 10 heavy (non-hydrogen) atoms. The highest BCUT2D eigenvalue weighted by molar-refractivity contribution is 7.71. The number of aromatic amines is 1. The Morgan fingerprint density at radius 1 is 1.60 bits per heavy atom. The second kappa shape index (κ2) is 4.93. The molecule has 0 aliphatic carbocycles. The number of nitrogens with one attached hydrogen (secondary N) is 1. The third-order valence-electron chi connectivity index (χ3n) is 0.697. The first-order chi connectivity index (χ1) is 4.79. The molecule has 1 rings (SSSR count). The highest BCUT2D eigenvalue weighted by Gasteiger charge is 1.77. The van der Waals surface area contributed by atoms with Crippen LogP contribution in [0.25, 0.3) is 0 Å². The molecule has 0 unspecified atom stereocenters. The molecule has 0 atom stereocenters. The number of hydrogen-bond acceptors (Lipinski definition) is 3. The summed E-state index contributed by atoms with van der Waals surface area (Å²) in [6.45, 7) is 4.00. The number of aromatic nitrogens is 2. The van der Waals surface area contributed by atoms with Gasteiger partial charge < -0.3 is 10.7 Å². The van der Waals surface area contributed by atoms with Crippen LogP contribution in [-0.4, -0.2) is 9.97 Å². The van der Waals surface area contributed by atoms with Gasteiger partial charge in [0.2, 0.25) is 0 Å². The lowest BCUT2D eigenvalue weighted by Crippen LogP contribution is -1.89. The predicted molar refractivity (Wildman–Crippen MR) is 45.2 cm³/mol. The molecule has 3 nitrogen and oxygen atoms in total. The summed E-state index contributed by atoms with van der Waals surface area (Å²) in [5, 5.41) is 0. The third kappa shape index (κ3) is 3.19. The molecule has 3 N–H and O–H groups in total. The van der Waals surface area contributed by atoms with Crippen molar-refractivity contribution in [2.45, 2.75) is 13.8 Å². The summed E-state index contributed by atoms with van der Waals surface area (Å²) >= 11 is 4.65. The number of nitrogens with zero attached hydrogens (tertiary/aromatic N) is 1. The average molecular weight is 157 g/mol. The highest BCUT2D eigenvalue weighted by atomic mass is 32.1. The van der Waals surface area contributed by atoms with Gasteiger partial charge in [0.25, 0.3) is 0 Å². The molecule has 1 aromatic rings. The third-order valence-corrected chi connectivity index (χ3v) is 0.905. The maximum Gasteiger partial charge on any atom is 0.198 e. The zero-order chi connectivity index (χ0) is 7.98. The summed E-state index contributed by atoms with van der Waals surface area (Å²) in [6, 6.07) is 1.65. The minimum Gasteiger partial charge on any atom is -0.385 e. The number of H-pyrrole nitrogens is 1. The van der Waals surface area contributed by atoms with Crippen LogP contribution < -0.4 is 5.73 Å². The van der Waals surface area contributed by atoms with Crippen LogP contribution in [0.4, 0.5) is 5.82 Å². The normalized spacial score (nSPS) is 7.80. The number of nitrogens with two attached hydrogens (primary N) is 1. The van der Waals surface area contributed by atoms with Gasteiger partial charge in [-0.3, -0.25) is 0 Å². The Kier molecular flexibility index (Phi) is 4.49. The van der Waals surface area contributed by atoms with Crippen molar-refractivity contribution in [2.75, 3.05) is 5.73 Å². The van der Waals surface area contributed by atoms with Crippen LogP contribution in [0.2, 0.25) is 0 Å². The van der Waals surface area contributed by atoms with Crippen LogP contribution in [0.15, 0.2) is 12.3 Å². The van der Waals surface area contributed by atoms with E-state index in [4.69, 9.17) is 5.73 Å². The predicted octanol–water partition coefficient (Wildman–Crippen LogP) is 1.75. The minimum atomic E-state index is 0.421. The molecule has 56 valence electrons. The van der Waals surface area contributed by atoms with Gasteiger partial charge in [0.1, 0.15) is 5.82 Å². The lowest BCUT2D eigenvalue weighted by atomic mass is 10.6. The monoisotopic (exact) mass is 157 g/mol. The van der Waals surface area contributed by atoms with Gasteiger partial charge in [0, 0.05) is 6.20 Å². The van der Waals surface area contributed by atoms with Gasteiger partial charge in [-0.25, -0.2) is 4.98 Å². The second-order valence-electron chi connectivity index (χ2n) is 1.33. The van der Waals surface area contributed by atoms with Crippen molar-refractivity contribution in [1.82, 2.24) is 9.97 Å². The summed E-state index contributed by atoms with van der Waals surface area (Å²) < 4.78 is 0.421. The van der Waals surface area contributed by atoms with Crippen LogP contribution >= 0.6 is 12.2 Å². The molecular weight excluding hydrogens is 146 g/mol. The zero-order valence-corrected chi connectivity index (χ0v) is 6.90. The Bertz CT molecular complexity index is 230. The van der Waals surface area contributed by atoms with Gasteiger partial charge in [0.15, 0.2) is 4.77 Å². The van der Waals surface area contributed by atoms with Crippen molar-refractivity contribution in [3.05, 3.63) is 17.0 Å². The van der Waals surface area contributed by atoms with E-state index in [0.717, 1.165) is 0 Å². The molecule has 0 aliphatic heterocycles. The van der Waals surface area contributed by atoms with Crippen molar-refractivity contribution in [2.24, 2.45) is 0 Å². The number of nitrogen functional groups attached to an aromatic ring is 1. The molecule has 1 heterocycles. The van der Waals surface area contributed by atoms with Gasteiger partial charge in [0.05, 0.1) is 0 Å². The first-order valence-corrected chi connectivity index (χ1v) is 3.50. The van der Waals surface area contributed by atoms with Crippen molar-refractivity contribution < 1.29 is 0 Å². The van der Waals surface area contributed by atoms with Gasteiger partial charge in [-0.15, -0.1) is 0 Å². The van der Waals surface area contributed by atoms with Gasteiger partial charge in [-0.05, 0) is 18.3 Å². The fourth-order valence-corrected chi connectivity index (χ4v) is 0.561. The maximum absolute atomic E-state index is 5.30. The van der Waals surface area contributed by atoms with Crippen molar-refractivity contribution in [3.8, 4) is 0 Å². The van der Waals surface area contributed by atoms with Crippen molar-refractivity contribution >= 4 is 18.0 Å². The summed E-state index contributed by atoms with van der Waals surface area (Å²) in [7, 11) is 0. The molecule has 0 saturated carbocycles. The van der Waals surface area contributed by atoms with Crippen LogP contribution in [0.5, 0.6) is 0 Å². The quantitative estimate of drug-likeness (QED) is 0.564. The molecule has 4 heteroatoms. The van der Waals surface area contributed by atoms with Crippen LogP contribution in [0, 0.1) is 4.77 Å². The Labute approximate surface area is 65.3 Å². The van der Waals surface area contributed by atoms with E-state index in [0.29, 0.717) is 10.6 Å². The molecular formula is C6H11N3S. The fraction of sp³-hybridized carbons (Fsp3) is 0.333. The second-order valence-corrected chi connectivity index (χ2v) is 1.72. The van der Waals surface area contributed by atoms with Gasteiger partial charge in [-0.1, -0.05) is 13.8 Å². The van der Waals surface area contributed by atoms with Crippen LogP contribution in [0.3, 0.4) is 0 Å². The van der Waals surface area contributed by atoms with E-state index >= 15 is 0 Å². The number of hydrogen-bond donors (Lipinski definition) is 2. The smallest absolute Gasteiger partial charge is 0.198 e. The average Bonchev–Trinajstić information content (AvgIpc) is 1.91. The van der Waals surface area contributed by atoms with E-state index in [1.165, 1.54) is 0 Å². The zero-order valence-electron chi connectivity index (χ0n) is 6.09. The van der Waals surface area contributed by atoms with E-state index in [2.05, 4.69) is 22.2 Å². The largest absolute Gasteiger partial charge is 0.385 e. The molecule has 0 saturated heterocycles. The van der Waals surface area contributed by atoms with E-state index in [1.807, 2.05) is 13.8 Å². The first-order valence-electron chi connectivity index (χ1n) is 3.10. The van der Waals surface area contributed by atoms with Crippen molar-refractivity contribution in [1.29, 1.82) is 0 Å². The first kappa shape index (κ1) is 9.10. The molecule has 0 fully saturated rings. The summed E-state index contributed by atoms with van der Waals surface area (Å²) in [4.78, 5) is 6.37.